The second kappa shape index (κ2) is 15.9. The van der Waals surface area contributed by atoms with Crippen molar-refractivity contribution in [3.63, 3.8) is 0 Å². The van der Waals surface area contributed by atoms with Gasteiger partial charge in [0.1, 0.15) is 0 Å². The number of hydrogen-bond acceptors (Lipinski definition) is 2. The molecule has 0 N–H and O–H groups in total. The first-order valence-electron chi connectivity index (χ1n) is 24.0. The van der Waals surface area contributed by atoms with Gasteiger partial charge in [0.15, 0.2) is 0 Å². The summed E-state index contributed by atoms with van der Waals surface area (Å²) in [6, 6.07) is 30.2. The van der Waals surface area contributed by atoms with E-state index in [4.69, 9.17) is 0 Å². The van der Waals surface area contributed by atoms with Crippen molar-refractivity contribution in [2.75, 3.05) is 9.80 Å². The summed E-state index contributed by atoms with van der Waals surface area (Å²) in [5.74, 6) is 2.07. The van der Waals surface area contributed by atoms with Crippen LogP contribution in [0.3, 0.4) is 0 Å². The second-order valence-corrected chi connectivity index (χ2v) is 19.2. The maximum absolute atomic E-state index is 2.60. The summed E-state index contributed by atoms with van der Waals surface area (Å²) in [5, 5.41) is 0. The first-order valence-corrected chi connectivity index (χ1v) is 24.0. The molecule has 3 aromatic rings. The molecule has 3 aromatic carbocycles. The molecule has 312 valence electrons. The highest BCUT2D eigenvalue weighted by Crippen LogP contribution is 2.62. The molecule has 0 radical (unpaired) electrons. The van der Waals surface area contributed by atoms with Crippen LogP contribution in [0.2, 0.25) is 0 Å². The molecule has 0 fully saturated rings. The van der Waals surface area contributed by atoms with Gasteiger partial charge in [-0.3, -0.25) is 0 Å². The van der Waals surface area contributed by atoms with Crippen LogP contribution in [0.1, 0.15) is 93.7 Å². The molecule has 8 aliphatic carbocycles. The molecular formula is C61H58N2. The van der Waals surface area contributed by atoms with E-state index in [0.29, 0.717) is 29.7 Å². The highest BCUT2D eigenvalue weighted by Gasteiger charge is 2.51. The van der Waals surface area contributed by atoms with Crippen molar-refractivity contribution in [3.05, 3.63) is 244 Å². The quantitative estimate of drug-likeness (QED) is 0.234. The lowest BCUT2D eigenvalue weighted by Crippen LogP contribution is -2.32. The topological polar surface area (TPSA) is 6.48 Å². The summed E-state index contributed by atoms with van der Waals surface area (Å²) >= 11 is 0. The summed E-state index contributed by atoms with van der Waals surface area (Å²) in [4.78, 5) is 5.17. The van der Waals surface area contributed by atoms with Gasteiger partial charge < -0.3 is 9.80 Å². The average molecular weight is 819 g/mol. The minimum absolute atomic E-state index is 0.0384. The standard InChI is InChI=1S/C61H58N2/c1-42(28-29-47-41-61(56-24-12-8-20-51(47)56)57-25-13-9-21-52(57)53-22-10-14-26-58(53)61)62(49-35-30-44(31-36-49)43-16-4-2-5-17-43)50-37-32-45(33-38-50)46-34-39-60-55(40-46)54-23-11-15-27-59(54)63(60)48-18-6-3-7-19-48/h2-9,11-12,14-16,18-21,23-24,26-31,34-37,39,43,45-46,54,59H,10,13,17,22,25,32-33,38,40-41H2,1H3/b42-28+,47-29+. The summed E-state index contributed by atoms with van der Waals surface area (Å²) in [7, 11) is 0. The van der Waals surface area contributed by atoms with Gasteiger partial charge in [0.25, 0.3) is 0 Å². The van der Waals surface area contributed by atoms with Crippen LogP contribution >= 0.6 is 0 Å². The van der Waals surface area contributed by atoms with Gasteiger partial charge in [0, 0.05) is 45.7 Å². The molecule has 0 bridgehead atoms. The fourth-order valence-corrected chi connectivity index (χ4v) is 13.0. The molecule has 0 saturated heterocycles. The van der Waals surface area contributed by atoms with Gasteiger partial charge in [-0.1, -0.05) is 146 Å². The molecule has 9 aliphatic rings. The highest BCUT2D eigenvalue weighted by atomic mass is 15.2. The molecular weight excluding hydrogens is 761 g/mol. The number of rotatable bonds is 7. The largest absolute Gasteiger partial charge is 0.334 e. The summed E-state index contributed by atoms with van der Waals surface area (Å²) in [6.07, 6.45) is 52.0. The molecule has 6 atom stereocenters. The first-order chi connectivity index (χ1) is 31.2. The van der Waals surface area contributed by atoms with Crippen LogP contribution in [0.4, 0.5) is 11.4 Å². The second-order valence-electron chi connectivity index (χ2n) is 19.2. The summed E-state index contributed by atoms with van der Waals surface area (Å²) in [5.41, 5.74) is 20.5. The lowest BCUT2D eigenvalue weighted by atomic mass is 9.69. The Balaban J connectivity index is 0.855. The third-order valence-electron chi connectivity index (χ3n) is 16.0. The zero-order valence-electron chi connectivity index (χ0n) is 36.7. The molecule has 1 spiro atoms. The summed E-state index contributed by atoms with van der Waals surface area (Å²) < 4.78 is 0. The van der Waals surface area contributed by atoms with Crippen molar-refractivity contribution in [1.82, 2.24) is 0 Å². The minimum Gasteiger partial charge on any atom is -0.334 e. The Labute approximate surface area is 375 Å². The van der Waals surface area contributed by atoms with Crippen molar-refractivity contribution < 1.29 is 0 Å². The maximum Gasteiger partial charge on any atom is 0.0626 e. The lowest BCUT2D eigenvalue weighted by Gasteiger charge is -2.36. The van der Waals surface area contributed by atoms with Crippen LogP contribution in [0.25, 0.3) is 5.57 Å². The van der Waals surface area contributed by atoms with E-state index < -0.39 is 0 Å². The van der Waals surface area contributed by atoms with Gasteiger partial charge in [-0.25, -0.2) is 0 Å². The zero-order chi connectivity index (χ0) is 41.9. The van der Waals surface area contributed by atoms with Crippen LogP contribution < -0.4 is 9.80 Å². The SMILES string of the molecule is C/C(=C\C=C1/CC2(C3=C(CCC=C3)C3=C2CCC=C3)c2ccccc21)N(C1=CCC(C2C=CC3=C(C2)C2C=CC=CC2N3c2ccccc2)CC1)c1ccc(C2C=CC=CC2)cc1. The van der Waals surface area contributed by atoms with E-state index in [-0.39, 0.29) is 5.41 Å². The van der Waals surface area contributed by atoms with Crippen LogP contribution in [0.5, 0.6) is 0 Å². The molecule has 2 heteroatoms. The predicted octanol–water partition coefficient (Wildman–Crippen LogP) is 15.2. The molecule has 1 aliphatic heterocycles. The molecule has 63 heavy (non-hydrogen) atoms. The van der Waals surface area contributed by atoms with Crippen molar-refractivity contribution in [1.29, 1.82) is 0 Å². The average Bonchev–Trinajstić information content (AvgIpc) is 3.97. The monoisotopic (exact) mass is 818 g/mol. The number of para-hydroxylation sites is 1. The Bertz CT molecular complexity index is 2760. The molecule has 0 saturated carbocycles. The molecule has 6 unspecified atom stereocenters. The normalized spacial score (nSPS) is 29.4. The Morgan fingerprint density at radius 2 is 1.59 bits per heavy atom. The van der Waals surface area contributed by atoms with Crippen LogP contribution in [0, 0.1) is 17.8 Å². The fourth-order valence-electron chi connectivity index (χ4n) is 13.0. The number of allylic oxidation sites excluding steroid dienone is 22. The molecule has 0 amide bonds. The van der Waals surface area contributed by atoms with Gasteiger partial charge in [-0.05, 0) is 170 Å². The number of fused-ring (bicyclic) bond motifs is 7. The third kappa shape index (κ3) is 6.43. The van der Waals surface area contributed by atoms with Crippen LogP contribution in [0.15, 0.2) is 227 Å². The van der Waals surface area contributed by atoms with Crippen LogP contribution in [-0.2, 0) is 5.41 Å². The predicted molar refractivity (Wildman–Crippen MR) is 264 cm³/mol. The van der Waals surface area contributed by atoms with Gasteiger partial charge in [-0.15, -0.1) is 0 Å². The number of hydrogen-bond donors (Lipinski definition) is 0. The van der Waals surface area contributed by atoms with E-state index in [1.807, 2.05) is 0 Å². The molecule has 2 nitrogen and oxygen atoms in total. The summed E-state index contributed by atoms with van der Waals surface area (Å²) in [6.45, 7) is 2.34. The van der Waals surface area contributed by atoms with E-state index >= 15 is 0 Å². The maximum atomic E-state index is 2.60. The first kappa shape index (κ1) is 38.5. The van der Waals surface area contributed by atoms with Crippen molar-refractivity contribution in [3.8, 4) is 0 Å². The number of nitrogens with zero attached hydrogens (tertiary/aromatic N) is 2. The van der Waals surface area contributed by atoms with Crippen molar-refractivity contribution in [2.45, 2.75) is 88.5 Å². The van der Waals surface area contributed by atoms with Gasteiger partial charge >= 0.3 is 0 Å². The van der Waals surface area contributed by atoms with Crippen molar-refractivity contribution >= 4 is 16.9 Å². The minimum atomic E-state index is -0.0384. The molecule has 12 rings (SSSR count). The Hall–Kier alpha value is -6.12. The number of benzene rings is 3. The van der Waals surface area contributed by atoms with E-state index in [1.54, 1.807) is 27.9 Å². The Kier molecular flexibility index (Phi) is 9.73. The third-order valence-corrected chi connectivity index (χ3v) is 16.0. The van der Waals surface area contributed by atoms with E-state index in [9.17, 15) is 0 Å². The van der Waals surface area contributed by atoms with Gasteiger partial charge in [0.05, 0.1) is 6.04 Å². The van der Waals surface area contributed by atoms with Gasteiger partial charge in [-0.2, -0.15) is 0 Å². The smallest absolute Gasteiger partial charge is 0.0626 e. The van der Waals surface area contributed by atoms with Crippen LogP contribution in [-0.4, -0.2) is 6.04 Å². The lowest BCUT2D eigenvalue weighted by molar-refractivity contribution is 0.348. The number of anilines is 2. The van der Waals surface area contributed by atoms with E-state index in [2.05, 4.69) is 199 Å². The highest BCUT2D eigenvalue weighted by molar-refractivity contribution is 5.85. The van der Waals surface area contributed by atoms with E-state index in [0.717, 1.165) is 57.8 Å². The Morgan fingerprint density at radius 3 is 2.44 bits per heavy atom. The zero-order valence-corrected chi connectivity index (χ0v) is 36.7. The van der Waals surface area contributed by atoms with E-state index in [1.165, 1.54) is 57.2 Å². The fraction of sp³-hybridized carbons (Fsp3) is 0.279. The Morgan fingerprint density at radius 1 is 0.762 bits per heavy atom. The molecule has 0 aromatic heterocycles. The van der Waals surface area contributed by atoms with Gasteiger partial charge in [0.2, 0.25) is 0 Å². The molecule has 1 heterocycles. The van der Waals surface area contributed by atoms with Crippen molar-refractivity contribution in [2.24, 2.45) is 17.8 Å².